The number of halogens is 2. The number of hydrogen-bond acceptors (Lipinski definition) is 2. The van der Waals surface area contributed by atoms with Gasteiger partial charge < -0.3 is 15.0 Å². The van der Waals surface area contributed by atoms with Crippen LogP contribution in [-0.2, 0) is 11.3 Å². The number of rotatable bonds is 4. The lowest BCUT2D eigenvalue weighted by Crippen LogP contribution is -2.45. The molecule has 1 fully saturated rings. The number of carbonyl (C=O) groups excluding carboxylic acids is 1. The zero-order valence-corrected chi connectivity index (χ0v) is 13.8. The molecule has 25 heavy (non-hydrogen) atoms. The molecule has 0 spiro atoms. The minimum Gasteiger partial charge on any atom is -0.372 e. The normalized spacial score (nSPS) is 17.4. The van der Waals surface area contributed by atoms with E-state index < -0.39 is 11.6 Å². The summed E-state index contributed by atoms with van der Waals surface area (Å²) in [4.78, 5) is 14.0. The number of ether oxygens (including phenoxy) is 1. The number of piperidine rings is 1. The monoisotopic (exact) mass is 346 g/mol. The zero-order chi connectivity index (χ0) is 17.6. The van der Waals surface area contributed by atoms with Crippen molar-refractivity contribution in [2.24, 2.45) is 0 Å². The second kappa shape index (κ2) is 8.07. The summed E-state index contributed by atoms with van der Waals surface area (Å²) in [6.07, 6.45) is 1.39. The molecule has 0 bridgehead atoms. The molecular weight excluding hydrogens is 326 g/mol. The van der Waals surface area contributed by atoms with Crippen LogP contribution in [0.2, 0.25) is 0 Å². The number of hydrogen-bond donors (Lipinski definition) is 1. The van der Waals surface area contributed by atoms with Crippen LogP contribution >= 0.6 is 0 Å². The first-order valence-corrected chi connectivity index (χ1v) is 8.29. The Balaban J connectivity index is 1.54. The smallest absolute Gasteiger partial charge is 0.321 e. The van der Waals surface area contributed by atoms with Crippen molar-refractivity contribution in [2.75, 3.05) is 18.4 Å². The third-order valence-corrected chi connectivity index (χ3v) is 4.20. The Labute approximate surface area is 145 Å². The van der Waals surface area contributed by atoms with Gasteiger partial charge in [0.05, 0.1) is 12.7 Å². The second-order valence-corrected chi connectivity index (χ2v) is 6.03. The van der Waals surface area contributed by atoms with E-state index in [-0.39, 0.29) is 24.3 Å². The van der Waals surface area contributed by atoms with E-state index >= 15 is 0 Å². The minimum absolute atomic E-state index is 0.0115. The van der Waals surface area contributed by atoms with Gasteiger partial charge in [0.2, 0.25) is 0 Å². The van der Waals surface area contributed by atoms with Crippen LogP contribution in [0.4, 0.5) is 19.3 Å². The highest BCUT2D eigenvalue weighted by Crippen LogP contribution is 2.18. The molecule has 1 heterocycles. The molecule has 2 aromatic rings. The summed E-state index contributed by atoms with van der Waals surface area (Å²) in [5.41, 5.74) is 0.920. The summed E-state index contributed by atoms with van der Waals surface area (Å²) in [5, 5.41) is 2.84. The molecule has 0 unspecified atom stereocenters. The fraction of sp³-hybridized carbons (Fsp3) is 0.316. The Morgan fingerprint density at radius 1 is 1.16 bits per heavy atom. The fourth-order valence-corrected chi connectivity index (χ4v) is 2.85. The molecule has 2 aromatic carbocycles. The summed E-state index contributed by atoms with van der Waals surface area (Å²) < 4.78 is 32.6. The zero-order valence-electron chi connectivity index (χ0n) is 13.8. The van der Waals surface area contributed by atoms with Gasteiger partial charge in [0, 0.05) is 24.3 Å². The average molecular weight is 346 g/mol. The van der Waals surface area contributed by atoms with Gasteiger partial charge in [0.1, 0.15) is 0 Å². The molecule has 0 radical (unpaired) electrons. The quantitative estimate of drug-likeness (QED) is 0.902. The van der Waals surface area contributed by atoms with E-state index in [1.807, 2.05) is 30.3 Å². The number of nitrogens with zero attached hydrogens (tertiary/aromatic N) is 1. The molecule has 1 atom stereocenters. The van der Waals surface area contributed by atoms with Gasteiger partial charge in [-0.15, -0.1) is 0 Å². The van der Waals surface area contributed by atoms with Gasteiger partial charge in [0.25, 0.3) is 0 Å². The maximum atomic E-state index is 13.7. The maximum Gasteiger partial charge on any atom is 0.321 e. The third kappa shape index (κ3) is 4.54. The molecule has 0 saturated carbocycles. The van der Waals surface area contributed by atoms with Gasteiger partial charge in [-0.1, -0.05) is 30.3 Å². The van der Waals surface area contributed by atoms with Crippen LogP contribution in [0, 0.1) is 11.6 Å². The predicted octanol–water partition coefficient (Wildman–Crippen LogP) is 4.18. The molecule has 0 aromatic heterocycles. The molecule has 2 amide bonds. The van der Waals surface area contributed by atoms with Gasteiger partial charge >= 0.3 is 6.03 Å². The predicted molar refractivity (Wildman–Crippen MR) is 91.2 cm³/mol. The van der Waals surface area contributed by atoms with Crippen LogP contribution in [0.1, 0.15) is 18.4 Å². The Hall–Kier alpha value is -2.47. The lowest BCUT2D eigenvalue weighted by atomic mass is 10.1. The highest BCUT2D eigenvalue weighted by Gasteiger charge is 2.24. The van der Waals surface area contributed by atoms with Crippen LogP contribution in [0.15, 0.2) is 48.5 Å². The highest BCUT2D eigenvalue weighted by atomic mass is 19.2. The molecule has 4 nitrogen and oxygen atoms in total. The van der Waals surface area contributed by atoms with Gasteiger partial charge in [-0.05, 0) is 31.0 Å². The van der Waals surface area contributed by atoms with Crippen LogP contribution < -0.4 is 5.32 Å². The van der Waals surface area contributed by atoms with Crippen molar-refractivity contribution >= 4 is 11.7 Å². The summed E-state index contributed by atoms with van der Waals surface area (Å²) in [5.74, 6) is -1.76. The highest BCUT2D eigenvalue weighted by molar-refractivity contribution is 5.89. The van der Waals surface area contributed by atoms with Gasteiger partial charge in [-0.25, -0.2) is 13.6 Å². The van der Waals surface area contributed by atoms with Gasteiger partial charge in [0.15, 0.2) is 11.6 Å². The van der Waals surface area contributed by atoms with Crippen LogP contribution in [0.3, 0.4) is 0 Å². The number of amides is 2. The average Bonchev–Trinajstić information content (AvgIpc) is 2.64. The van der Waals surface area contributed by atoms with E-state index in [2.05, 4.69) is 5.32 Å². The van der Waals surface area contributed by atoms with E-state index in [4.69, 9.17) is 4.74 Å². The van der Waals surface area contributed by atoms with Crippen molar-refractivity contribution in [3.63, 3.8) is 0 Å². The lowest BCUT2D eigenvalue weighted by Gasteiger charge is -2.32. The van der Waals surface area contributed by atoms with E-state index in [1.165, 1.54) is 12.1 Å². The SMILES string of the molecule is O=C(Nc1ccccc1)N1CCC[C@@H](OCc2cccc(F)c2F)C1. The van der Waals surface area contributed by atoms with E-state index in [0.717, 1.165) is 24.6 Å². The molecule has 1 saturated heterocycles. The lowest BCUT2D eigenvalue weighted by molar-refractivity contribution is -0.000229. The van der Waals surface area contributed by atoms with Gasteiger partial charge in [-0.3, -0.25) is 0 Å². The molecule has 1 aliphatic heterocycles. The summed E-state index contributed by atoms with van der Waals surface area (Å²) in [7, 11) is 0. The second-order valence-electron chi connectivity index (χ2n) is 6.03. The van der Waals surface area contributed by atoms with E-state index in [0.29, 0.717) is 13.1 Å². The standard InChI is InChI=1S/C19H20F2N2O2/c20-17-10-4-6-14(18(17)21)13-25-16-9-5-11-23(12-16)19(24)22-15-7-2-1-3-8-15/h1-4,6-8,10,16H,5,9,11-13H2,(H,22,24)/t16-/m1/s1. The molecule has 6 heteroatoms. The number of urea groups is 1. The Morgan fingerprint density at radius 2 is 1.96 bits per heavy atom. The topological polar surface area (TPSA) is 41.6 Å². The van der Waals surface area contributed by atoms with Crippen molar-refractivity contribution < 1.29 is 18.3 Å². The fourth-order valence-electron chi connectivity index (χ4n) is 2.85. The van der Waals surface area contributed by atoms with Crippen LogP contribution in [-0.4, -0.2) is 30.1 Å². The van der Waals surface area contributed by atoms with Crippen LogP contribution in [0.5, 0.6) is 0 Å². The number of nitrogens with one attached hydrogen (secondary N) is 1. The summed E-state index contributed by atoms with van der Waals surface area (Å²) >= 11 is 0. The van der Waals surface area contributed by atoms with Crippen molar-refractivity contribution in [3.8, 4) is 0 Å². The molecule has 0 aliphatic carbocycles. The first kappa shape index (κ1) is 17.4. The molecule has 3 rings (SSSR count). The largest absolute Gasteiger partial charge is 0.372 e. The molecule has 1 N–H and O–H groups in total. The maximum absolute atomic E-state index is 13.7. The summed E-state index contributed by atoms with van der Waals surface area (Å²) in [6.45, 7) is 1.06. The third-order valence-electron chi connectivity index (χ3n) is 4.20. The van der Waals surface area contributed by atoms with E-state index in [1.54, 1.807) is 4.90 Å². The number of carbonyl (C=O) groups is 1. The first-order chi connectivity index (χ1) is 12.1. The Bertz CT molecular complexity index is 725. The van der Waals surface area contributed by atoms with Crippen molar-refractivity contribution in [1.82, 2.24) is 4.90 Å². The summed E-state index contributed by atoms with van der Waals surface area (Å²) in [6, 6.07) is 13.1. The van der Waals surface area contributed by atoms with Gasteiger partial charge in [-0.2, -0.15) is 0 Å². The van der Waals surface area contributed by atoms with E-state index in [9.17, 15) is 13.6 Å². The number of likely N-dealkylation sites (tertiary alicyclic amines) is 1. The molecular formula is C19H20F2N2O2. The number of anilines is 1. The van der Waals surface area contributed by atoms with Crippen LogP contribution in [0.25, 0.3) is 0 Å². The number of benzene rings is 2. The van der Waals surface area contributed by atoms with Crippen molar-refractivity contribution in [2.45, 2.75) is 25.6 Å². The first-order valence-electron chi connectivity index (χ1n) is 8.29. The molecule has 1 aliphatic rings. The van der Waals surface area contributed by atoms with Crippen molar-refractivity contribution in [1.29, 1.82) is 0 Å². The Kier molecular flexibility index (Phi) is 5.60. The number of para-hydroxylation sites is 1. The minimum atomic E-state index is -0.881. The van der Waals surface area contributed by atoms with Crippen molar-refractivity contribution in [3.05, 3.63) is 65.7 Å². The Morgan fingerprint density at radius 3 is 2.76 bits per heavy atom. The molecule has 132 valence electrons.